The van der Waals surface area contributed by atoms with Crippen LogP contribution in [0.3, 0.4) is 0 Å². The predicted octanol–water partition coefficient (Wildman–Crippen LogP) is 4.12. The van der Waals surface area contributed by atoms with E-state index in [2.05, 4.69) is 29.4 Å². The highest BCUT2D eigenvalue weighted by atomic mass is 35.5. The Morgan fingerprint density at radius 2 is 2.14 bits per heavy atom. The minimum Gasteiger partial charge on any atom is -0.300 e. The van der Waals surface area contributed by atoms with Crippen molar-refractivity contribution in [3.63, 3.8) is 0 Å². The zero-order valence-corrected chi connectivity index (χ0v) is 14.2. The van der Waals surface area contributed by atoms with Crippen LogP contribution in [-0.2, 0) is 11.2 Å². The van der Waals surface area contributed by atoms with Crippen LogP contribution in [0.2, 0.25) is 5.02 Å². The minimum atomic E-state index is -0.139. The fourth-order valence-corrected chi connectivity index (χ4v) is 3.48. The molecule has 0 saturated heterocycles. The molecule has 0 aliphatic rings. The number of rotatable bonds is 6. The van der Waals surface area contributed by atoms with E-state index in [0.29, 0.717) is 16.1 Å². The monoisotopic (exact) mass is 341 g/mol. The number of amides is 1. The molecule has 1 N–H and O–H groups in total. The van der Waals surface area contributed by atoms with Crippen LogP contribution in [-0.4, -0.2) is 21.9 Å². The van der Waals surface area contributed by atoms with Gasteiger partial charge in [0.15, 0.2) is 4.34 Å². The molecule has 1 amide bonds. The van der Waals surface area contributed by atoms with Crippen LogP contribution in [0, 0.1) is 5.92 Å². The van der Waals surface area contributed by atoms with Gasteiger partial charge in [-0.25, -0.2) is 0 Å². The van der Waals surface area contributed by atoms with E-state index in [9.17, 15) is 4.79 Å². The molecule has 0 atom stereocenters. The number of halogens is 1. The number of thioether (sulfide) groups is 1. The Morgan fingerprint density at radius 3 is 2.86 bits per heavy atom. The molecule has 2 aromatic rings. The van der Waals surface area contributed by atoms with Gasteiger partial charge in [-0.3, -0.25) is 4.79 Å². The molecule has 21 heavy (non-hydrogen) atoms. The molecule has 0 aliphatic heterocycles. The minimum absolute atomic E-state index is 0.139. The highest BCUT2D eigenvalue weighted by molar-refractivity contribution is 8.01. The molecule has 0 spiro atoms. The Kier molecular flexibility index (Phi) is 6.02. The third-order valence-electron chi connectivity index (χ3n) is 2.50. The first-order valence-electron chi connectivity index (χ1n) is 6.54. The van der Waals surface area contributed by atoms with Crippen molar-refractivity contribution in [1.82, 2.24) is 10.2 Å². The van der Waals surface area contributed by atoms with Gasteiger partial charge in [0.05, 0.1) is 6.42 Å². The van der Waals surface area contributed by atoms with E-state index in [0.717, 1.165) is 15.7 Å². The zero-order valence-electron chi connectivity index (χ0n) is 11.8. The lowest BCUT2D eigenvalue weighted by molar-refractivity contribution is -0.115. The fraction of sp³-hybridized carbons (Fsp3) is 0.357. The second-order valence-corrected chi connectivity index (χ2v) is 7.55. The van der Waals surface area contributed by atoms with Gasteiger partial charge in [-0.05, 0) is 17.5 Å². The first-order valence-corrected chi connectivity index (χ1v) is 8.72. The molecular weight excluding hydrogens is 326 g/mol. The third-order valence-corrected chi connectivity index (χ3v) is 5.27. The topological polar surface area (TPSA) is 54.9 Å². The lowest BCUT2D eigenvalue weighted by atomic mass is 10.1. The van der Waals surface area contributed by atoms with Gasteiger partial charge >= 0.3 is 0 Å². The highest BCUT2D eigenvalue weighted by Crippen LogP contribution is 2.27. The van der Waals surface area contributed by atoms with E-state index in [-0.39, 0.29) is 12.3 Å². The average molecular weight is 342 g/mol. The number of nitrogens with zero attached hydrogens (tertiary/aromatic N) is 2. The van der Waals surface area contributed by atoms with Gasteiger partial charge < -0.3 is 5.32 Å². The Morgan fingerprint density at radius 1 is 1.38 bits per heavy atom. The molecule has 1 aromatic heterocycles. The smallest absolute Gasteiger partial charge is 0.230 e. The van der Waals surface area contributed by atoms with Gasteiger partial charge in [0.1, 0.15) is 0 Å². The van der Waals surface area contributed by atoms with Crippen LogP contribution in [0.25, 0.3) is 0 Å². The Hall–Kier alpha value is -1.11. The number of aromatic nitrogens is 2. The lowest BCUT2D eigenvalue weighted by Gasteiger charge is -2.03. The summed E-state index contributed by atoms with van der Waals surface area (Å²) in [5.41, 5.74) is 0.801. The summed E-state index contributed by atoms with van der Waals surface area (Å²) >= 11 is 9.09. The zero-order chi connectivity index (χ0) is 15.2. The summed E-state index contributed by atoms with van der Waals surface area (Å²) in [6, 6.07) is 7.31. The SMILES string of the molecule is CC(C)CSc1nnc(NC(=O)Cc2ccccc2Cl)s1. The van der Waals surface area contributed by atoms with Gasteiger partial charge in [0.25, 0.3) is 0 Å². The molecule has 0 fully saturated rings. The normalized spacial score (nSPS) is 10.9. The van der Waals surface area contributed by atoms with Gasteiger partial charge in [0, 0.05) is 10.8 Å². The molecule has 112 valence electrons. The van der Waals surface area contributed by atoms with Gasteiger partial charge in [-0.15, -0.1) is 10.2 Å². The molecule has 0 saturated carbocycles. The molecule has 1 aromatic carbocycles. The highest BCUT2D eigenvalue weighted by Gasteiger charge is 2.11. The Balaban J connectivity index is 1.90. The summed E-state index contributed by atoms with van der Waals surface area (Å²) < 4.78 is 0.872. The molecular formula is C14H16ClN3OS2. The van der Waals surface area contributed by atoms with Gasteiger partial charge in [0.2, 0.25) is 11.0 Å². The summed E-state index contributed by atoms with van der Waals surface area (Å²) in [4.78, 5) is 12.0. The summed E-state index contributed by atoms with van der Waals surface area (Å²) in [6.07, 6.45) is 0.230. The number of carbonyl (C=O) groups excluding carboxylic acids is 1. The maximum Gasteiger partial charge on any atom is 0.230 e. The van der Waals surface area contributed by atoms with E-state index in [1.807, 2.05) is 18.2 Å². The standard InChI is InChI=1S/C14H16ClN3OS2/c1-9(2)8-20-14-18-17-13(21-14)16-12(19)7-10-5-3-4-6-11(10)15/h3-6,9H,7-8H2,1-2H3,(H,16,17,19). The van der Waals surface area contributed by atoms with Crippen LogP contribution in [0.15, 0.2) is 28.6 Å². The second-order valence-electron chi connectivity index (χ2n) is 4.89. The number of hydrogen-bond acceptors (Lipinski definition) is 5. The van der Waals surface area contributed by atoms with Crippen LogP contribution in [0.5, 0.6) is 0 Å². The van der Waals surface area contributed by atoms with Crippen molar-refractivity contribution in [3.8, 4) is 0 Å². The quantitative estimate of drug-likeness (QED) is 0.634. The number of carbonyl (C=O) groups is 1. The maximum atomic E-state index is 12.0. The number of hydrogen-bond donors (Lipinski definition) is 1. The maximum absolute atomic E-state index is 12.0. The largest absolute Gasteiger partial charge is 0.300 e. The molecule has 0 bridgehead atoms. The summed E-state index contributed by atoms with van der Waals surface area (Å²) in [5, 5.41) is 11.9. The van der Waals surface area contributed by atoms with E-state index >= 15 is 0 Å². The predicted molar refractivity (Wildman–Crippen MR) is 89.3 cm³/mol. The molecule has 4 nitrogen and oxygen atoms in total. The number of anilines is 1. The Bertz CT molecular complexity index is 616. The van der Waals surface area contributed by atoms with E-state index in [1.165, 1.54) is 11.3 Å². The van der Waals surface area contributed by atoms with Crippen molar-refractivity contribution in [2.75, 3.05) is 11.1 Å². The first-order chi connectivity index (χ1) is 10.0. The number of nitrogens with one attached hydrogen (secondary N) is 1. The van der Waals surface area contributed by atoms with Crippen molar-refractivity contribution in [2.45, 2.75) is 24.6 Å². The number of benzene rings is 1. The molecule has 0 aliphatic carbocycles. The van der Waals surface area contributed by atoms with Crippen molar-refractivity contribution in [1.29, 1.82) is 0 Å². The summed E-state index contributed by atoms with van der Waals surface area (Å²) in [7, 11) is 0. The summed E-state index contributed by atoms with van der Waals surface area (Å²) in [5.74, 6) is 1.44. The van der Waals surface area contributed by atoms with Gasteiger partial charge in [-0.1, -0.05) is 66.7 Å². The summed E-state index contributed by atoms with van der Waals surface area (Å²) in [6.45, 7) is 4.31. The fourth-order valence-electron chi connectivity index (χ4n) is 1.53. The Labute approximate surface area is 137 Å². The molecule has 0 unspecified atom stereocenters. The van der Waals surface area contributed by atoms with Gasteiger partial charge in [-0.2, -0.15) is 0 Å². The molecule has 2 rings (SSSR count). The molecule has 0 radical (unpaired) electrons. The van der Waals surface area contributed by atoms with Crippen LogP contribution in [0.1, 0.15) is 19.4 Å². The first kappa shape index (κ1) is 16.3. The van der Waals surface area contributed by atoms with Crippen LogP contribution < -0.4 is 5.32 Å². The van der Waals surface area contributed by atoms with Crippen LogP contribution >= 0.6 is 34.7 Å². The molecule has 7 heteroatoms. The lowest BCUT2D eigenvalue weighted by Crippen LogP contribution is -2.14. The van der Waals surface area contributed by atoms with Crippen molar-refractivity contribution < 1.29 is 4.79 Å². The average Bonchev–Trinajstić information content (AvgIpc) is 2.86. The van der Waals surface area contributed by atoms with Crippen molar-refractivity contribution >= 4 is 45.7 Å². The second kappa shape index (κ2) is 7.77. The third kappa shape index (κ3) is 5.30. The molecule has 1 heterocycles. The van der Waals surface area contributed by atoms with E-state index in [4.69, 9.17) is 11.6 Å². The van der Waals surface area contributed by atoms with Crippen LogP contribution in [0.4, 0.5) is 5.13 Å². The van der Waals surface area contributed by atoms with E-state index in [1.54, 1.807) is 17.8 Å². The van der Waals surface area contributed by atoms with E-state index < -0.39 is 0 Å². The van der Waals surface area contributed by atoms with Crippen molar-refractivity contribution in [2.24, 2.45) is 5.92 Å². The van der Waals surface area contributed by atoms with Crippen molar-refractivity contribution in [3.05, 3.63) is 34.9 Å².